The van der Waals surface area contributed by atoms with Crippen molar-refractivity contribution in [2.24, 2.45) is 0 Å². The molecule has 0 fully saturated rings. The molecule has 132 valence electrons. The van der Waals surface area contributed by atoms with Crippen molar-refractivity contribution in [3.63, 3.8) is 0 Å². The van der Waals surface area contributed by atoms with Crippen LogP contribution in [0.3, 0.4) is 0 Å². The molecule has 2 N–H and O–H groups in total. The van der Waals surface area contributed by atoms with Gasteiger partial charge in [0.15, 0.2) is 0 Å². The van der Waals surface area contributed by atoms with Crippen molar-refractivity contribution in [2.75, 3.05) is 32.6 Å². The standard InChI is InChI=1S/C19H23N3O3/c1-22(13-18(23)20-12-15-6-4-3-5-7-15)14-19(24)21-16-8-10-17(25-2)11-9-16/h3-11H,12-14H2,1-2H3,(H,20,23)(H,21,24). The normalized spacial score (nSPS) is 10.4. The number of nitrogens with one attached hydrogen (secondary N) is 2. The summed E-state index contributed by atoms with van der Waals surface area (Å²) in [6.45, 7) is 0.763. The van der Waals surface area contributed by atoms with Gasteiger partial charge in [-0.1, -0.05) is 30.3 Å². The lowest BCUT2D eigenvalue weighted by molar-refractivity contribution is -0.123. The largest absolute Gasteiger partial charge is 0.497 e. The molecule has 6 heteroatoms. The van der Waals surface area contributed by atoms with E-state index < -0.39 is 0 Å². The zero-order valence-electron chi connectivity index (χ0n) is 14.5. The first-order chi connectivity index (χ1) is 12.1. The Kier molecular flexibility index (Phi) is 6.98. The van der Waals surface area contributed by atoms with E-state index in [0.29, 0.717) is 12.2 Å². The van der Waals surface area contributed by atoms with Crippen LogP contribution in [-0.4, -0.2) is 44.0 Å². The van der Waals surface area contributed by atoms with Gasteiger partial charge in [-0.2, -0.15) is 0 Å². The average Bonchev–Trinajstić information content (AvgIpc) is 2.61. The van der Waals surface area contributed by atoms with E-state index in [4.69, 9.17) is 4.74 Å². The van der Waals surface area contributed by atoms with Crippen LogP contribution < -0.4 is 15.4 Å². The molecule has 0 aromatic heterocycles. The van der Waals surface area contributed by atoms with E-state index in [1.54, 1.807) is 43.3 Å². The SMILES string of the molecule is COc1ccc(NC(=O)CN(C)CC(=O)NCc2ccccc2)cc1. The molecule has 0 saturated heterocycles. The Morgan fingerprint density at radius 1 is 0.960 bits per heavy atom. The Hall–Kier alpha value is -2.86. The predicted octanol–water partition coefficient (Wildman–Crippen LogP) is 1.88. The van der Waals surface area contributed by atoms with Crippen LogP contribution in [0, 0.1) is 0 Å². The first kappa shape index (κ1) is 18.5. The number of methoxy groups -OCH3 is 1. The lowest BCUT2D eigenvalue weighted by Crippen LogP contribution is -2.38. The third kappa shape index (κ3) is 6.64. The molecule has 2 aromatic carbocycles. The van der Waals surface area contributed by atoms with Crippen LogP contribution in [0.2, 0.25) is 0 Å². The van der Waals surface area contributed by atoms with Gasteiger partial charge >= 0.3 is 0 Å². The minimum absolute atomic E-state index is 0.122. The highest BCUT2D eigenvalue weighted by Crippen LogP contribution is 2.14. The fourth-order valence-corrected chi connectivity index (χ4v) is 2.27. The summed E-state index contributed by atoms with van der Waals surface area (Å²) in [5, 5.41) is 5.63. The number of hydrogen-bond acceptors (Lipinski definition) is 4. The van der Waals surface area contributed by atoms with Crippen molar-refractivity contribution in [3.05, 3.63) is 60.2 Å². The summed E-state index contributed by atoms with van der Waals surface area (Å²) < 4.78 is 5.07. The minimum Gasteiger partial charge on any atom is -0.497 e. The Morgan fingerprint density at radius 3 is 2.24 bits per heavy atom. The summed E-state index contributed by atoms with van der Waals surface area (Å²) >= 11 is 0. The van der Waals surface area contributed by atoms with Crippen molar-refractivity contribution < 1.29 is 14.3 Å². The number of nitrogens with zero attached hydrogens (tertiary/aromatic N) is 1. The van der Waals surface area contributed by atoms with Gasteiger partial charge < -0.3 is 15.4 Å². The van der Waals surface area contributed by atoms with Crippen LogP contribution in [0.15, 0.2) is 54.6 Å². The van der Waals surface area contributed by atoms with Crippen molar-refractivity contribution in [2.45, 2.75) is 6.54 Å². The molecule has 25 heavy (non-hydrogen) atoms. The molecule has 0 radical (unpaired) electrons. The molecule has 2 aromatic rings. The quantitative estimate of drug-likeness (QED) is 0.769. The van der Waals surface area contributed by atoms with Crippen LogP contribution in [0.5, 0.6) is 5.75 Å². The van der Waals surface area contributed by atoms with Crippen LogP contribution in [0.1, 0.15) is 5.56 Å². The van der Waals surface area contributed by atoms with Crippen molar-refractivity contribution >= 4 is 17.5 Å². The third-order valence-electron chi connectivity index (χ3n) is 3.53. The maximum Gasteiger partial charge on any atom is 0.238 e. The monoisotopic (exact) mass is 341 g/mol. The number of rotatable bonds is 8. The van der Waals surface area contributed by atoms with Crippen LogP contribution in [0.25, 0.3) is 0 Å². The number of likely N-dealkylation sites (N-methyl/N-ethyl adjacent to an activating group) is 1. The van der Waals surface area contributed by atoms with E-state index in [1.807, 2.05) is 30.3 Å². The van der Waals surface area contributed by atoms with Gasteiger partial charge in [-0.25, -0.2) is 0 Å². The molecule has 0 heterocycles. The second kappa shape index (κ2) is 9.44. The van der Waals surface area contributed by atoms with Gasteiger partial charge in [0.1, 0.15) is 5.75 Å². The lowest BCUT2D eigenvalue weighted by Gasteiger charge is -2.16. The average molecular weight is 341 g/mol. The Bertz CT molecular complexity index is 687. The van der Waals surface area contributed by atoms with E-state index in [1.165, 1.54) is 0 Å². The number of ether oxygens (including phenoxy) is 1. The lowest BCUT2D eigenvalue weighted by atomic mass is 10.2. The van der Waals surface area contributed by atoms with Gasteiger partial charge in [0.25, 0.3) is 0 Å². The molecule has 2 amide bonds. The molecule has 0 aliphatic heterocycles. The molecule has 0 aliphatic rings. The number of anilines is 1. The van der Waals surface area contributed by atoms with Crippen LogP contribution >= 0.6 is 0 Å². The topological polar surface area (TPSA) is 70.7 Å². The molecule has 0 bridgehead atoms. The van der Waals surface area contributed by atoms with Crippen molar-refractivity contribution in [1.29, 1.82) is 0 Å². The number of carbonyl (C=O) groups is 2. The molecule has 0 atom stereocenters. The van der Waals surface area contributed by atoms with Gasteiger partial charge in [0.05, 0.1) is 20.2 Å². The predicted molar refractivity (Wildman–Crippen MR) is 97.4 cm³/mol. The third-order valence-corrected chi connectivity index (χ3v) is 3.53. The van der Waals surface area contributed by atoms with E-state index in [-0.39, 0.29) is 24.9 Å². The van der Waals surface area contributed by atoms with Gasteiger partial charge in [0, 0.05) is 12.2 Å². The van der Waals surface area contributed by atoms with Crippen molar-refractivity contribution in [1.82, 2.24) is 10.2 Å². The zero-order valence-corrected chi connectivity index (χ0v) is 14.5. The molecular formula is C19H23N3O3. The molecule has 2 rings (SSSR count). The molecule has 0 aliphatic carbocycles. The smallest absolute Gasteiger partial charge is 0.238 e. The molecule has 6 nitrogen and oxygen atoms in total. The molecule has 0 saturated carbocycles. The maximum absolute atomic E-state index is 12.0. The summed E-state index contributed by atoms with van der Waals surface area (Å²) in [6, 6.07) is 16.8. The molecular weight excluding hydrogens is 318 g/mol. The van der Waals surface area contributed by atoms with Gasteiger partial charge in [0.2, 0.25) is 11.8 Å². The highest BCUT2D eigenvalue weighted by molar-refractivity contribution is 5.92. The fourth-order valence-electron chi connectivity index (χ4n) is 2.27. The fraction of sp³-hybridized carbons (Fsp3) is 0.263. The summed E-state index contributed by atoms with van der Waals surface area (Å²) in [5.41, 5.74) is 1.73. The molecule has 0 unspecified atom stereocenters. The Balaban J connectivity index is 1.71. The summed E-state index contributed by atoms with van der Waals surface area (Å²) in [6.07, 6.45) is 0. The highest BCUT2D eigenvalue weighted by Gasteiger charge is 2.11. The Morgan fingerprint density at radius 2 is 1.60 bits per heavy atom. The number of hydrogen-bond donors (Lipinski definition) is 2. The Labute approximate surface area is 147 Å². The van der Waals surface area contributed by atoms with E-state index in [9.17, 15) is 9.59 Å². The number of benzene rings is 2. The highest BCUT2D eigenvalue weighted by atomic mass is 16.5. The van der Waals surface area contributed by atoms with Crippen LogP contribution in [-0.2, 0) is 16.1 Å². The second-order valence-electron chi connectivity index (χ2n) is 5.71. The number of carbonyl (C=O) groups excluding carboxylic acids is 2. The van der Waals surface area contributed by atoms with Gasteiger partial charge in [-0.05, 0) is 36.9 Å². The van der Waals surface area contributed by atoms with E-state index in [2.05, 4.69) is 10.6 Å². The summed E-state index contributed by atoms with van der Waals surface area (Å²) in [7, 11) is 3.32. The first-order valence-corrected chi connectivity index (χ1v) is 8.00. The van der Waals surface area contributed by atoms with Gasteiger partial charge in [-0.15, -0.1) is 0 Å². The summed E-state index contributed by atoms with van der Waals surface area (Å²) in [5.74, 6) is 0.428. The van der Waals surface area contributed by atoms with Crippen LogP contribution in [0.4, 0.5) is 5.69 Å². The van der Waals surface area contributed by atoms with E-state index >= 15 is 0 Å². The van der Waals surface area contributed by atoms with E-state index in [0.717, 1.165) is 11.3 Å². The zero-order chi connectivity index (χ0) is 18.1. The number of amides is 2. The molecule has 0 spiro atoms. The maximum atomic E-state index is 12.0. The first-order valence-electron chi connectivity index (χ1n) is 8.00. The summed E-state index contributed by atoms with van der Waals surface area (Å²) in [4.78, 5) is 25.6. The minimum atomic E-state index is -0.177. The second-order valence-corrected chi connectivity index (χ2v) is 5.71. The van der Waals surface area contributed by atoms with Crippen molar-refractivity contribution in [3.8, 4) is 5.75 Å². The van der Waals surface area contributed by atoms with Gasteiger partial charge in [-0.3, -0.25) is 14.5 Å².